The molecule has 108 valence electrons. The van der Waals surface area contributed by atoms with Crippen molar-refractivity contribution in [1.29, 1.82) is 5.26 Å². The van der Waals surface area contributed by atoms with E-state index in [9.17, 15) is 17.9 Å². The lowest BCUT2D eigenvalue weighted by atomic mass is 10.2. The lowest BCUT2D eigenvalue weighted by Crippen LogP contribution is -2.13. The first-order chi connectivity index (χ1) is 9.83. The van der Waals surface area contributed by atoms with Gasteiger partial charge in [-0.15, -0.1) is 0 Å². The average Bonchev–Trinajstić information content (AvgIpc) is 2.43. The zero-order valence-corrected chi connectivity index (χ0v) is 11.9. The van der Waals surface area contributed by atoms with Crippen LogP contribution in [0.15, 0.2) is 41.3 Å². The number of sulfonamides is 1. The second-order valence-corrected chi connectivity index (χ2v) is 6.11. The summed E-state index contributed by atoms with van der Waals surface area (Å²) in [5.74, 6) is -1.09. The number of rotatable bonds is 3. The molecule has 0 atom stereocenters. The molecule has 2 aromatic rings. The van der Waals surface area contributed by atoms with Gasteiger partial charge >= 0.3 is 0 Å². The van der Waals surface area contributed by atoms with Crippen molar-refractivity contribution in [1.82, 2.24) is 0 Å². The highest BCUT2D eigenvalue weighted by Gasteiger charge is 2.17. The van der Waals surface area contributed by atoms with Crippen LogP contribution in [-0.2, 0) is 10.0 Å². The lowest BCUT2D eigenvalue weighted by Gasteiger charge is -2.09. The number of nitrogens with one attached hydrogen (secondary N) is 1. The molecule has 0 fully saturated rings. The summed E-state index contributed by atoms with van der Waals surface area (Å²) in [6.07, 6.45) is 0. The van der Waals surface area contributed by atoms with Crippen LogP contribution in [0.25, 0.3) is 0 Å². The summed E-state index contributed by atoms with van der Waals surface area (Å²) in [6.45, 7) is 0. The summed E-state index contributed by atoms with van der Waals surface area (Å²) in [4.78, 5) is -0.269. The quantitative estimate of drug-likeness (QED) is 0.907. The van der Waals surface area contributed by atoms with Crippen molar-refractivity contribution < 1.29 is 17.9 Å². The average molecular weight is 327 g/mol. The minimum atomic E-state index is -4.01. The molecule has 0 spiro atoms. The molecule has 0 aliphatic carbocycles. The highest BCUT2D eigenvalue weighted by Crippen LogP contribution is 2.27. The van der Waals surface area contributed by atoms with Gasteiger partial charge in [0, 0.05) is 6.07 Å². The van der Waals surface area contributed by atoms with Crippen LogP contribution >= 0.6 is 11.6 Å². The Morgan fingerprint density at radius 2 is 1.95 bits per heavy atom. The third-order valence-electron chi connectivity index (χ3n) is 2.57. The minimum Gasteiger partial charge on any atom is -0.506 e. The number of phenolic OH excluding ortho intramolecular Hbond substituents is 1. The van der Waals surface area contributed by atoms with E-state index in [-0.39, 0.29) is 26.9 Å². The second kappa shape index (κ2) is 5.60. The van der Waals surface area contributed by atoms with Crippen molar-refractivity contribution >= 4 is 27.3 Å². The van der Waals surface area contributed by atoms with Gasteiger partial charge < -0.3 is 5.11 Å². The Morgan fingerprint density at radius 3 is 2.57 bits per heavy atom. The molecule has 0 aromatic heterocycles. The molecule has 0 saturated heterocycles. The molecule has 2 rings (SSSR count). The Kier molecular flexibility index (Phi) is 4.02. The Labute approximate surface area is 125 Å². The molecule has 8 heteroatoms. The predicted molar refractivity (Wildman–Crippen MR) is 75.0 cm³/mol. The van der Waals surface area contributed by atoms with Crippen LogP contribution in [0.3, 0.4) is 0 Å². The Balaban J connectivity index is 2.38. The van der Waals surface area contributed by atoms with Crippen molar-refractivity contribution in [3.8, 4) is 11.8 Å². The maximum Gasteiger partial charge on any atom is 0.261 e. The number of benzene rings is 2. The zero-order chi connectivity index (χ0) is 15.6. The summed E-state index contributed by atoms with van der Waals surface area (Å²) in [5, 5.41) is 18.2. The standard InChI is InChI=1S/C13H8ClFN2O3S/c14-11-3-1-9(6-13(11)18)17-21(19,20)10-2-4-12(15)8(5-10)7-16/h1-6,17-18H. The molecule has 0 unspecified atom stereocenters. The highest BCUT2D eigenvalue weighted by molar-refractivity contribution is 7.92. The predicted octanol–water partition coefficient (Wildman–Crippen LogP) is 2.86. The summed E-state index contributed by atoms with van der Waals surface area (Å²) in [6, 6.07) is 8.23. The summed E-state index contributed by atoms with van der Waals surface area (Å²) >= 11 is 5.62. The van der Waals surface area contributed by atoms with Gasteiger partial charge in [-0.3, -0.25) is 4.72 Å². The van der Waals surface area contributed by atoms with Crippen LogP contribution in [0.1, 0.15) is 5.56 Å². The molecule has 5 nitrogen and oxygen atoms in total. The monoisotopic (exact) mass is 326 g/mol. The van der Waals surface area contributed by atoms with E-state index in [1.54, 1.807) is 6.07 Å². The molecule has 0 saturated carbocycles. The maximum absolute atomic E-state index is 13.2. The topological polar surface area (TPSA) is 90.2 Å². The van der Waals surface area contributed by atoms with Gasteiger partial charge in [-0.05, 0) is 30.3 Å². The number of hydrogen-bond donors (Lipinski definition) is 2. The number of anilines is 1. The van der Waals surface area contributed by atoms with E-state index in [0.717, 1.165) is 24.3 Å². The largest absolute Gasteiger partial charge is 0.506 e. The first kappa shape index (κ1) is 15.1. The van der Waals surface area contributed by atoms with Crippen LogP contribution in [0, 0.1) is 17.1 Å². The summed E-state index contributed by atoms with van der Waals surface area (Å²) in [5.41, 5.74) is -0.295. The first-order valence-corrected chi connectivity index (χ1v) is 7.40. The van der Waals surface area contributed by atoms with Gasteiger partial charge in [0.15, 0.2) is 0 Å². The fourth-order valence-electron chi connectivity index (χ4n) is 1.55. The van der Waals surface area contributed by atoms with E-state index >= 15 is 0 Å². The van der Waals surface area contributed by atoms with Crippen molar-refractivity contribution in [2.24, 2.45) is 0 Å². The van der Waals surface area contributed by atoms with Crippen LogP contribution < -0.4 is 4.72 Å². The van der Waals surface area contributed by atoms with E-state index in [0.29, 0.717) is 0 Å². The van der Waals surface area contributed by atoms with Crippen LogP contribution in [0.5, 0.6) is 5.75 Å². The highest BCUT2D eigenvalue weighted by atomic mass is 35.5. The molecule has 2 aromatic carbocycles. The van der Waals surface area contributed by atoms with Gasteiger partial charge in [0.05, 0.1) is 21.2 Å². The molecule has 0 aliphatic rings. The maximum atomic E-state index is 13.2. The van der Waals surface area contributed by atoms with Crippen LogP contribution in [0.4, 0.5) is 10.1 Å². The number of nitriles is 1. The molecule has 0 heterocycles. The van der Waals surface area contributed by atoms with Gasteiger partial charge in [0.2, 0.25) is 0 Å². The lowest BCUT2D eigenvalue weighted by molar-refractivity contribution is 0.476. The van der Waals surface area contributed by atoms with Crippen molar-refractivity contribution in [2.45, 2.75) is 4.90 Å². The van der Waals surface area contributed by atoms with Crippen molar-refractivity contribution in [3.63, 3.8) is 0 Å². The second-order valence-electron chi connectivity index (χ2n) is 4.03. The van der Waals surface area contributed by atoms with Gasteiger partial charge in [-0.1, -0.05) is 11.6 Å². The Morgan fingerprint density at radius 1 is 1.24 bits per heavy atom. The van der Waals surface area contributed by atoms with E-state index in [4.69, 9.17) is 16.9 Å². The summed E-state index contributed by atoms with van der Waals surface area (Å²) in [7, 11) is -4.01. The number of halogens is 2. The van der Waals surface area contributed by atoms with Crippen molar-refractivity contribution in [3.05, 3.63) is 52.8 Å². The number of hydrogen-bond acceptors (Lipinski definition) is 4. The van der Waals surface area contributed by atoms with E-state index in [2.05, 4.69) is 4.72 Å². The van der Waals surface area contributed by atoms with Crippen LogP contribution in [0.2, 0.25) is 5.02 Å². The van der Waals surface area contributed by atoms with E-state index < -0.39 is 15.8 Å². The number of aromatic hydroxyl groups is 1. The molecule has 0 amide bonds. The number of nitrogens with zero attached hydrogens (tertiary/aromatic N) is 1. The van der Waals surface area contributed by atoms with Crippen molar-refractivity contribution in [2.75, 3.05) is 4.72 Å². The molecule has 0 bridgehead atoms. The molecular weight excluding hydrogens is 319 g/mol. The molecule has 2 N–H and O–H groups in total. The zero-order valence-electron chi connectivity index (χ0n) is 10.3. The molecule has 0 aliphatic heterocycles. The Bertz CT molecular complexity index is 847. The SMILES string of the molecule is N#Cc1cc(S(=O)(=O)Nc2ccc(Cl)c(O)c2)ccc1F. The third kappa shape index (κ3) is 3.24. The van der Waals surface area contributed by atoms with Gasteiger partial charge in [0.1, 0.15) is 17.6 Å². The van der Waals surface area contributed by atoms with Crippen LogP contribution in [-0.4, -0.2) is 13.5 Å². The molecule has 21 heavy (non-hydrogen) atoms. The van der Waals surface area contributed by atoms with Gasteiger partial charge in [-0.25, -0.2) is 12.8 Å². The fraction of sp³-hybridized carbons (Fsp3) is 0. The minimum absolute atomic E-state index is 0.0755. The summed E-state index contributed by atoms with van der Waals surface area (Å²) < 4.78 is 39.6. The van der Waals surface area contributed by atoms with Gasteiger partial charge in [-0.2, -0.15) is 5.26 Å². The molecule has 0 radical (unpaired) electrons. The normalized spacial score (nSPS) is 10.9. The Hall–Kier alpha value is -2.30. The third-order valence-corrected chi connectivity index (χ3v) is 4.27. The van der Waals surface area contributed by atoms with Gasteiger partial charge in [0.25, 0.3) is 10.0 Å². The smallest absolute Gasteiger partial charge is 0.261 e. The van der Waals surface area contributed by atoms with E-state index in [1.807, 2.05) is 0 Å². The van der Waals surface area contributed by atoms with E-state index in [1.165, 1.54) is 12.1 Å². The fourth-order valence-corrected chi connectivity index (χ4v) is 2.74. The number of phenols is 1. The molecular formula is C13H8ClFN2O3S. The first-order valence-electron chi connectivity index (χ1n) is 5.54.